The van der Waals surface area contributed by atoms with Crippen molar-refractivity contribution in [3.05, 3.63) is 41.5 Å². The zero-order chi connectivity index (χ0) is 22.2. The fourth-order valence-corrected chi connectivity index (χ4v) is 6.72. The van der Waals surface area contributed by atoms with Crippen LogP contribution < -0.4 is 4.74 Å². The van der Waals surface area contributed by atoms with E-state index in [1.54, 1.807) is 11.1 Å². The summed E-state index contributed by atoms with van der Waals surface area (Å²) in [4.78, 5) is 0. The van der Waals surface area contributed by atoms with E-state index in [1.807, 2.05) is 0 Å². The molecule has 2 nitrogen and oxygen atoms in total. The summed E-state index contributed by atoms with van der Waals surface area (Å²) in [5.41, 5.74) is 3.16. The summed E-state index contributed by atoms with van der Waals surface area (Å²) in [6, 6.07) is 6.95. The number of benzene rings is 1. The Kier molecular flexibility index (Phi) is 9.14. The first-order valence-electron chi connectivity index (χ1n) is 13.7. The van der Waals surface area contributed by atoms with Crippen LogP contribution in [0, 0.1) is 23.7 Å². The molecule has 2 fully saturated rings. The second-order valence-corrected chi connectivity index (χ2v) is 10.8. The highest BCUT2D eigenvalue weighted by Gasteiger charge is 2.38. The lowest BCUT2D eigenvalue weighted by molar-refractivity contribution is -0.0138. The van der Waals surface area contributed by atoms with Crippen molar-refractivity contribution >= 4 is 0 Å². The van der Waals surface area contributed by atoms with Crippen molar-refractivity contribution in [1.82, 2.24) is 0 Å². The molecular formula is C30H46O2. The van der Waals surface area contributed by atoms with Gasteiger partial charge in [0.05, 0.1) is 19.3 Å². The summed E-state index contributed by atoms with van der Waals surface area (Å²) < 4.78 is 12.2. The molecule has 0 N–H and O–H groups in total. The van der Waals surface area contributed by atoms with Crippen LogP contribution in [0.2, 0.25) is 0 Å². The lowest BCUT2D eigenvalue weighted by Crippen LogP contribution is -2.37. The van der Waals surface area contributed by atoms with Crippen molar-refractivity contribution in [1.29, 1.82) is 0 Å². The number of hydrogen-bond acceptors (Lipinski definition) is 2. The molecule has 5 unspecified atom stereocenters. The molecule has 3 aliphatic carbocycles. The maximum atomic E-state index is 6.11. The lowest BCUT2D eigenvalue weighted by atomic mass is 9.62. The van der Waals surface area contributed by atoms with Crippen LogP contribution in [0.4, 0.5) is 0 Å². The molecule has 0 saturated heterocycles. The van der Waals surface area contributed by atoms with Gasteiger partial charge in [-0.25, -0.2) is 0 Å². The van der Waals surface area contributed by atoms with E-state index in [9.17, 15) is 0 Å². The van der Waals surface area contributed by atoms with E-state index in [-0.39, 0.29) is 0 Å². The van der Waals surface area contributed by atoms with Crippen molar-refractivity contribution in [3.63, 3.8) is 0 Å². The van der Waals surface area contributed by atoms with Crippen LogP contribution in [0.15, 0.2) is 30.4 Å². The third kappa shape index (κ3) is 6.40. The lowest BCUT2D eigenvalue weighted by Gasteiger charge is -2.44. The molecule has 5 atom stereocenters. The molecule has 2 saturated carbocycles. The summed E-state index contributed by atoms with van der Waals surface area (Å²) in [5.74, 6) is 4.81. The summed E-state index contributed by atoms with van der Waals surface area (Å²) >= 11 is 0. The Morgan fingerprint density at radius 3 is 2.53 bits per heavy atom. The van der Waals surface area contributed by atoms with Crippen molar-refractivity contribution in [2.45, 2.75) is 103 Å². The van der Waals surface area contributed by atoms with Gasteiger partial charge >= 0.3 is 0 Å². The first-order valence-corrected chi connectivity index (χ1v) is 13.7. The molecule has 4 rings (SSSR count). The average Bonchev–Trinajstić information content (AvgIpc) is 2.83. The predicted octanol–water partition coefficient (Wildman–Crippen LogP) is 7.93. The highest BCUT2D eigenvalue weighted by Crippen LogP contribution is 2.47. The van der Waals surface area contributed by atoms with Crippen LogP contribution >= 0.6 is 0 Å². The van der Waals surface area contributed by atoms with Crippen LogP contribution in [0.5, 0.6) is 5.75 Å². The van der Waals surface area contributed by atoms with Crippen LogP contribution in [0.3, 0.4) is 0 Å². The van der Waals surface area contributed by atoms with E-state index in [0.29, 0.717) is 6.10 Å². The third-order valence-corrected chi connectivity index (χ3v) is 8.65. The normalized spacial score (nSPS) is 30.1. The quantitative estimate of drug-likeness (QED) is 0.273. The Morgan fingerprint density at radius 1 is 0.875 bits per heavy atom. The molecular weight excluding hydrogens is 392 g/mol. The van der Waals surface area contributed by atoms with Crippen LogP contribution in [-0.4, -0.2) is 19.3 Å². The largest absolute Gasteiger partial charge is 0.494 e. The Bertz CT molecular complexity index is 724. The molecule has 0 amide bonds. The molecule has 0 bridgehead atoms. The first kappa shape index (κ1) is 23.9. The molecule has 0 aliphatic heterocycles. The van der Waals surface area contributed by atoms with Gasteiger partial charge in [-0.1, -0.05) is 44.4 Å². The number of unbranched alkanes of at least 4 members (excludes halogenated alkanes) is 3. The molecule has 0 heterocycles. The minimum absolute atomic E-state index is 0.508. The standard InChI is InChI=1S/C30H46O2/c1-3-5-7-8-18-32-30-16-14-26-20-24(10-12-28(26)22-30)23-9-11-27-21-29(31-17-6-4-2)15-13-25(27)19-23/h4,6,14,16,22-25,27,29H,3,5,7-13,15,17-21H2,1-2H3. The molecule has 3 aliphatic rings. The average molecular weight is 439 g/mol. The highest BCUT2D eigenvalue weighted by atomic mass is 16.5. The zero-order valence-electron chi connectivity index (χ0n) is 20.7. The number of allylic oxidation sites excluding steroid dienone is 1. The van der Waals surface area contributed by atoms with E-state index in [4.69, 9.17) is 9.47 Å². The van der Waals surface area contributed by atoms with Crippen molar-refractivity contribution in [2.24, 2.45) is 23.7 Å². The predicted molar refractivity (Wildman–Crippen MR) is 134 cm³/mol. The molecule has 0 aromatic heterocycles. The number of ether oxygens (including phenoxy) is 2. The van der Waals surface area contributed by atoms with Crippen LogP contribution in [0.1, 0.15) is 95.6 Å². The second-order valence-electron chi connectivity index (χ2n) is 10.8. The SMILES string of the molecule is CC=CCOC1CCC2CC(C3CCc4cc(OCCCCCC)ccc4C3)CCC2C1. The Morgan fingerprint density at radius 2 is 1.69 bits per heavy atom. The summed E-state index contributed by atoms with van der Waals surface area (Å²) in [6.07, 6.45) is 22.1. The van der Waals surface area contributed by atoms with Gasteiger partial charge in [-0.05, 0) is 118 Å². The van der Waals surface area contributed by atoms with Crippen LogP contribution in [-0.2, 0) is 17.6 Å². The van der Waals surface area contributed by atoms with Gasteiger partial charge in [0, 0.05) is 0 Å². The van der Waals surface area contributed by atoms with Crippen molar-refractivity contribution < 1.29 is 9.47 Å². The number of rotatable bonds is 10. The zero-order valence-corrected chi connectivity index (χ0v) is 20.7. The van der Waals surface area contributed by atoms with E-state index in [2.05, 4.69) is 44.2 Å². The van der Waals surface area contributed by atoms with Gasteiger partial charge in [0.15, 0.2) is 0 Å². The molecule has 32 heavy (non-hydrogen) atoms. The van der Waals surface area contributed by atoms with E-state index >= 15 is 0 Å². The third-order valence-electron chi connectivity index (χ3n) is 8.65. The number of hydrogen-bond donors (Lipinski definition) is 0. The Hall–Kier alpha value is -1.28. The smallest absolute Gasteiger partial charge is 0.119 e. The maximum absolute atomic E-state index is 6.11. The van der Waals surface area contributed by atoms with E-state index in [1.165, 1.54) is 83.5 Å². The van der Waals surface area contributed by atoms with Gasteiger partial charge in [-0.3, -0.25) is 0 Å². The fraction of sp³-hybridized carbons (Fsp3) is 0.733. The van der Waals surface area contributed by atoms with Gasteiger partial charge in [-0.15, -0.1) is 0 Å². The fourth-order valence-electron chi connectivity index (χ4n) is 6.72. The second kappa shape index (κ2) is 12.3. The topological polar surface area (TPSA) is 18.5 Å². The summed E-state index contributed by atoms with van der Waals surface area (Å²) in [7, 11) is 0. The van der Waals surface area contributed by atoms with Gasteiger partial charge < -0.3 is 9.47 Å². The number of fused-ring (bicyclic) bond motifs is 2. The monoisotopic (exact) mass is 438 g/mol. The first-order chi connectivity index (χ1) is 15.8. The minimum atomic E-state index is 0.508. The highest BCUT2D eigenvalue weighted by molar-refractivity contribution is 5.37. The molecule has 2 heteroatoms. The number of aryl methyl sites for hydroxylation is 1. The van der Waals surface area contributed by atoms with Gasteiger partial charge in [-0.2, -0.15) is 0 Å². The minimum Gasteiger partial charge on any atom is -0.494 e. The Balaban J connectivity index is 1.24. The van der Waals surface area contributed by atoms with E-state index < -0.39 is 0 Å². The van der Waals surface area contributed by atoms with Crippen molar-refractivity contribution in [3.8, 4) is 5.75 Å². The van der Waals surface area contributed by atoms with Gasteiger partial charge in [0.2, 0.25) is 0 Å². The molecule has 0 spiro atoms. The maximum Gasteiger partial charge on any atom is 0.119 e. The van der Waals surface area contributed by atoms with Crippen molar-refractivity contribution in [2.75, 3.05) is 13.2 Å². The summed E-state index contributed by atoms with van der Waals surface area (Å²) in [6.45, 7) is 6.01. The van der Waals surface area contributed by atoms with Gasteiger partial charge in [0.1, 0.15) is 5.75 Å². The molecule has 178 valence electrons. The molecule has 1 aromatic carbocycles. The van der Waals surface area contributed by atoms with Gasteiger partial charge in [0.25, 0.3) is 0 Å². The van der Waals surface area contributed by atoms with E-state index in [0.717, 1.165) is 42.6 Å². The molecule has 0 radical (unpaired) electrons. The molecule has 1 aromatic rings. The Labute approximate surface area is 197 Å². The summed E-state index contributed by atoms with van der Waals surface area (Å²) in [5, 5.41) is 0. The van der Waals surface area contributed by atoms with Crippen LogP contribution in [0.25, 0.3) is 0 Å².